The van der Waals surface area contributed by atoms with E-state index in [0.717, 1.165) is 28.0 Å². The van der Waals surface area contributed by atoms with E-state index >= 15 is 0 Å². The van der Waals surface area contributed by atoms with Gasteiger partial charge in [-0.3, -0.25) is 4.98 Å². The molecule has 0 aliphatic heterocycles. The second-order valence-corrected chi connectivity index (χ2v) is 4.65. The van der Waals surface area contributed by atoms with Gasteiger partial charge in [-0.1, -0.05) is 11.6 Å². The number of nitrogens with zero attached hydrogens (tertiary/aromatic N) is 4. The second kappa shape index (κ2) is 4.07. The molecule has 0 N–H and O–H groups in total. The van der Waals surface area contributed by atoms with Crippen LogP contribution in [0.3, 0.4) is 0 Å². The zero-order chi connectivity index (χ0) is 12.7. The molecule has 5 heteroatoms. The largest absolute Gasteiger partial charge is 0.264 e. The highest BCUT2D eigenvalue weighted by atomic mass is 35.5. The minimum atomic E-state index is 0.560. The standard InChI is InChI=1S/C13H11ClN4/c1-8-3-10(6-15-5-8)11-7-16-18-12(14)4-9(2)17-13(11)18/h3-7H,1-2H3. The van der Waals surface area contributed by atoms with Gasteiger partial charge in [-0.05, 0) is 31.5 Å². The maximum Gasteiger partial charge on any atom is 0.164 e. The number of halogens is 1. The zero-order valence-electron chi connectivity index (χ0n) is 10.1. The molecule has 3 aromatic rings. The zero-order valence-corrected chi connectivity index (χ0v) is 10.8. The molecule has 0 unspecified atom stereocenters. The van der Waals surface area contributed by atoms with Gasteiger partial charge in [0.25, 0.3) is 0 Å². The van der Waals surface area contributed by atoms with Crippen molar-refractivity contribution in [3.8, 4) is 11.1 Å². The van der Waals surface area contributed by atoms with Crippen LogP contribution in [0.5, 0.6) is 0 Å². The van der Waals surface area contributed by atoms with Gasteiger partial charge in [0.05, 0.1) is 6.20 Å². The molecular formula is C13H11ClN4. The molecule has 0 saturated carbocycles. The summed E-state index contributed by atoms with van der Waals surface area (Å²) in [5, 5.41) is 4.82. The van der Waals surface area contributed by atoms with Crippen molar-refractivity contribution in [2.45, 2.75) is 13.8 Å². The number of aromatic nitrogens is 4. The number of hydrogen-bond donors (Lipinski definition) is 0. The minimum Gasteiger partial charge on any atom is -0.264 e. The number of aryl methyl sites for hydroxylation is 2. The second-order valence-electron chi connectivity index (χ2n) is 4.26. The van der Waals surface area contributed by atoms with E-state index in [0.29, 0.717) is 5.15 Å². The van der Waals surface area contributed by atoms with Gasteiger partial charge in [-0.15, -0.1) is 0 Å². The summed E-state index contributed by atoms with van der Waals surface area (Å²) in [4.78, 5) is 8.68. The molecule has 3 rings (SSSR count). The topological polar surface area (TPSA) is 43.1 Å². The number of pyridine rings is 1. The van der Waals surface area contributed by atoms with Crippen LogP contribution in [-0.2, 0) is 0 Å². The first kappa shape index (κ1) is 11.2. The van der Waals surface area contributed by atoms with E-state index in [4.69, 9.17) is 11.6 Å². The summed E-state index contributed by atoms with van der Waals surface area (Å²) in [6.45, 7) is 3.92. The third-order valence-electron chi connectivity index (χ3n) is 2.74. The fourth-order valence-corrected chi connectivity index (χ4v) is 2.23. The Morgan fingerprint density at radius 2 is 1.94 bits per heavy atom. The SMILES string of the molecule is Cc1cncc(-c2cnn3c(Cl)cc(C)nc23)c1. The van der Waals surface area contributed by atoms with Gasteiger partial charge in [0.2, 0.25) is 0 Å². The Hall–Kier alpha value is -1.94. The minimum absolute atomic E-state index is 0.560. The van der Waals surface area contributed by atoms with E-state index in [1.165, 1.54) is 0 Å². The van der Waals surface area contributed by atoms with Crippen LogP contribution < -0.4 is 0 Å². The van der Waals surface area contributed by atoms with Crippen LogP contribution in [0.2, 0.25) is 5.15 Å². The summed E-state index contributed by atoms with van der Waals surface area (Å²) < 4.78 is 1.63. The third-order valence-corrected chi connectivity index (χ3v) is 3.01. The molecule has 0 amide bonds. The first-order valence-corrected chi connectivity index (χ1v) is 5.96. The summed E-state index contributed by atoms with van der Waals surface area (Å²) in [6.07, 6.45) is 5.40. The van der Waals surface area contributed by atoms with Crippen LogP contribution in [0, 0.1) is 13.8 Å². The normalized spacial score (nSPS) is 11.1. The lowest BCUT2D eigenvalue weighted by Gasteiger charge is -2.02. The summed E-state index contributed by atoms with van der Waals surface area (Å²) in [7, 11) is 0. The van der Waals surface area contributed by atoms with Crippen LogP contribution in [-0.4, -0.2) is 19.6 Å². The third kappa shape index (κ3) is 1.75. The average molecular weight is 259 g/mol. The highest BCUT2D eigenvalue weighted by Gasteiger charge is 2.11. The molecule has 0 bridgehead atoms. The van der Waals surface area contributed by atoms with Gasteiger partial charge >= 0.3 is 0 Å². The highest BCUT2D eigenvalue weighted by molar-refractivity contribution is 6.29. The predicted octanol–water partition coefficient (Wildman–Crippen LogP) is 3.06. The number of rotatable bonds is 1. The number of fused-ring (bicyclic) bond motifs is 1. The molecule has 0 aromatic carbocycles. The molecule has 0 aliphatic rings. The quantitative estimate of drug-likeness (QED) is 0.630. The Morgan fingerprint density at radius 1 is 1.11 bits per heavy atom. The Labute approximate surface area is 109 Å². The monoisotopic (exact) mass is 258 g/mol. The number of hydrogen-bond acceptors (Lipinski definition) is 3. The summed E-state index contributed by atoms with van der Waals surface area (Å²) >= 11 is 6.14. The van der Waals surface area contributed by atoms with Gasteiger partial charge < -0.3 is 0 Å². The van der Waals surface area contributed by atoms with E-state index in [-0.39, 0.29) is 0 Å². The molecule has 0 aliphatic carbocycles. The average Bonchev–Trinajstić information content (AvgIpc) is 2.72. The Bertz CT molecular complexity index is 733. The fraction of sp³-hybridized carbons (Fsp3) is 0.154. The Balaban J connectivity index is 2.30. The molecule has 3 heterocycles. The molecule has 3 aromatic heterocycles. The van der Waals surface area contributed by atoms with Crippen molar-refractivity contribution in [3.63, 3.8) is 0 Å². The maximum absolute atomic E-state index is 6.14. The molecule has 0 radical (unpaired) electrons. The van der Waals surface area contributed by atoms with Crippen molar-refractivity contribution >= 4 is 17.2 Å². The summed E-state index contributed by atoms with van der Waals surface area (Å²) in [6, 6.07) is 3.85. The highest BCUT2D eigenvalue weighted by Crippen LogP contribution is 2.25. The van der Waals surface area contributed by atoms with Crippen molar-refractivity contribution in [1.29, 1.82) is 0 Å². The van der Waals surface area contributed by atoms with Crippen molar-refractivity contribution in [1.82, 2.24) is 19.6 Å². The van der Waals surface area contributed by atoms with E-state index in [1.807, 2.05) is 26.2 Å². The van der Waals surface area contributed by atoms with Crippen molar-refractivity contribution in [3.05, 3.63) is 47.1 Å². The van der Waals surface area contributed by atoms with E-state index < -0.39 is 0 Å². The molecule has 0 saturated heterocycles. The van der Waals surface area contributed by atoms with Crippen LogP contribution in [0.1, 0.15) is 11.3 Å². The van der Waals surface area contributed by atoms with Crippen molar-refractivity contribution in [2.75, 3.05) is 0 Å². The predicted molar refractivity (Wildman–Crippen MR) is 70.7 cm³/mol. The molecular weight excluding hydrogens is 248 g/mol. The van der Waals surface area contributed by atoms with Crippen LogP contribution in [0.15, 0.2) is 30.7 Å². The summed E-state index contributed by atoms with van der Waals surface area (Å²) in [5.41, 5.74) is 4.67. The maximum atomic E-state index is 6.14. The van der Waals surface area contributed by atoms with E-state index in [2.05, 4.69) is 21.1 Å². The molecule has 0 atom stereocenters. The molecule has 90 valence electrons. The first-order chi connectivity index (χ1) is 8.65. The summed E-state index contributed by atoms with van der Waals surface area (Å²) in [5.74, 6) is 0. The van der Waals surface area contributed by atoms with Gasteiger partial charge in [0, 0.05) is 29.2 Å². The Kier molecular flexibility index (Phi) is 2.52. The lowest BCUT2D eigenvalue weighted by molar-refractivity contribution is 0.930. The van der Waals surface area contributed by atoms with Gasteiger partial charge in [0.1, 0.15) is 5.15 Å². The van der Waals surface area contributed by atoms with Gasteiger partial charge in [-0.2, -0.15) is 5.10 Å². The molecule has 0 spiro atoms. The fourth-order valence-electron chi connectivity index (χ4n) is 1.94. The van der Waals surface area contributed by atoms with Crippen molar-refractivity contribution < 1.29 is 0 Å². The first-order valence-electron chi connectivity index (χ1n) is 5.58. The van der Waals surface area contributed by atoms with Crippen LogP contribution in [0.4, 0.5) is 0 Å². The van der Waals surface area contributed by atoms with Crippen molar-refractivity contribution in [2.24, 2.45) is 0 Å². The van der Waals surface area contributed by atoms with E-state index in [1.54, 1.807) is 16.8 Å². The Morgan fingerprint density at radius 3 is 2.72 bits per heavy atom. The van der Waals surface area contributed by atoms with Gasteiger partial charge in [-0.25, -0.2) is 9.50 Å². The lowest BCUT2D eigenvalue weighted by Crippen LogP contribution is -1.94. The molecule has 0 fully saturated rings. The molecule has 18 heavy (non-hydrogen) atoms. The van der Waals surface area contributed by atoms with E-state index in [9.17, 15) is 0 Å². The van der Waals surface area contributed by atoms with Crippen LogP contribution in [0.25, 0.3) is 16.8 Å². The lowest BCUT2D eigenvalue weighted by atomic mass is 10.1. The van der Waals surface area contributed by atoms with Gasteiger partial charge in [0.15, 0.2) is 5.65 Å². The molecule has 4 nitrogen and oxygen atoms in total. The van der Waals surface area contributed by atoms with Crippen LogP contribution >= 0.6 is 11.6 Å². The smallest absolute Gasteiger partial charge is 0.164 e.